The number of nitrogens with two attached hydrogens (primary N) is 1. The van der Waals surface area contributed by atoms with Gasteiger partial charge >= 0.3 is 5.76 Å². The van der Waals surface area contributed by atoms with Crippen LogP contribution in [0.2, 0.25) is 0 Å². The van der Waals surface area contributed by atoms with E-state index >= 15 is 0 Å². The Morgan fingerprint density at radius 2 is 2.00 bits per heavy atom. The van der Waals surface area contributed by atoms with Crippen LogP contribution in [-0.4, -0.2) is 42.6 Å². The number of hydrogen-bond donors (Lipinski definition) is 2. The van der Waals surface area contributed by atoms with Crippen LogP contribution >= 0.6 is 0 Å². The van der Waals surface area contributed by atoms with E-state index in [1.54, 1.807) is 22.8 Å². The lowest BCUT2D eigenvalue weighted by Gasteiger charge is -2.10. The summed E-state index contributed by atoms with van der Waals surface area (Å²) in [5.74, 6) is -0.391. The molecule has 0 saturated carbocycles. The van der Waals surface area contributed by atoms with Crippen LogP contribution in [0.5, 0.6) is 0 Å². The van der Waals surface area contributed by atoms with E-state index < -0.39 is 0 Å². The summed E-state index contributed by atoms with van der Waals surface area (Å²) in [4.78, 5) is 26.0. The molecule has 0 saturated heterocycles. The van der Waals surface area contributed by atoms with Gasteiger partial charge in [-0.2, -0.15) is 0 Å². The number of hydrogen-bond acceptors (Lipinski definition) is 5. The maximum Gasteiger partial charge on any atom is 0.419 e. The highest BCUT2D eigenvalue weighted by atomic mass is 16.4. The third-order valence-electron chi connectivity index (χ3n) is 4.08. The minimum Gasteiger partial charge on any atom is -0.408 e. The highest BCUT2D eigenvalue weighted by Gasteiger charge is 2.11. The topological polar surface area (TPSA) is 93.5 Å². The smallest absolute Gasteiger partial charge is 0.408 e. The number of carbonyl (C=O) groups excluding carboxylic acids is 1. The van der Waals surface area contributed by atoms with Crippen molar-refractivity contribution in [3.05, 3.63) is 28.7 Å². The van der Waals surface area contributed by atoms with Crippen molar-refractivity contribution in [3.8, 4) is 0 Å². The molecule has 7 heteroatoms. The van der Waals surface area contributed by atoms with Crippen molar-refractivity contribution in [1.29, 1.82) is 0 Å². The molecule has 0 fully saturated rings. The normalized spacial score (nSPS) is 11.4. The van der Waals surface area contributed by atoms with E-state index in [1.807, 2.05) is 19.0 Å². The summed E-state index contributed by atoms with van der Waals surface area (Å²) in [7, 11) is 3.90. The number of fused-ring (bicyclic) bond motifs is 1. The summed E-state index contributed by atoms with van der Waals surface area (Å²) < 4.78 is 6.85. The van der Waals surface area contributed by atoms with E-state index in [-0.39, 0.29) is 11.7 Å². The first kappa shape index (κ1) is 19.2. The zero-order valence-corrected chi connectivity index (χ0v) is 15.1. The van der Waals surface area contributed by atoms with Crippen molar-refractivity contribution in [2.24, 2.45) is 5.73 Å². The van der Waals surface area contributed by atoms with Gasteiger partial charge in [-0.05, 0) is 51.7 Å². The van der Waals surface area contributed by atoms with E-state index in [2.05, 4.69) is 5.32 Å². The molecule has 25 heavy (non-hydrogen) atoms. The van der Waals surface area contributed by atoms with Crippen LogP contribution in [0.4, 0.5) is 5.69 Å². The van der Waals surface area contributed by atoms with Crippen LogP contribution < -0.4 is 16.8 Å². The Hall–Kier alpha value is -2.12. The Morgan fingerprint density at radius 3 is 2.72 bits per heavy atom. The Bertz CT molecular complexity index is 748. The maximum atomic E-state index is 12.1. The number of carbonyl (C=O) groups is 1. The van der Waals surface area contributed by atoms with Gasteiger partial charge in [-0.15, -0.1) is 0 Å². The van der Waals surface area contributed by atoms with E-state index in [0.29, 0.717) is 36.3 Å². The van der Waals surface area contributed by atoms with Crippen LogP contribution in [0, 0.1) is 0 Å². The van der Waals surface area contributed by atoms with Gasteiger partial charge in [0.05, 0.1) is 5.52 Å². The molecule has 0 unspecified atom stereocenters. The number of likely N-dealkylation sites (N-methyl/N-ethyl adjacent to an activating group) is 1. The van der Waals surface area contributed by atoms with Gasteiger partial charge in [0, 0.05) is 25.2 Å². The first-order valence-electron chi connectivity index (χ1n) is 8.79. The van der Waals surface area contributed by atoms with Crippen LogP contribution in [0.25, 0.3) is 11.1 Å². The second-order valence-corrected chi connectivity index (χ2v) is 6.51. The summed E-state index contributed by atoms with van der Waals surface area (Å²) in [5, 5.41) is 2.90. The molecule has 0 aliphatic heterocycles. The van der Waals surface area contributed by atoms with Crippen molar-refractivity contribution in [2.75, 3.05) is 32.5 Å². The fourth-order valence-electron chi connectivity index (χ4n) is 2.66. The second-order valence-electron chi connectivity index (χ2n) is 6.51. The first-order valence-corrected chi connectivity index (χ1v) is 8.79. The average molecular weight is 348 g/mol. The molecule has 1 aromatic heterocycles. The number of unbranched alkanes of at least 4 members (excludes halogenated alkanes) is 3. The summed E-state index contributed by atoms with van der Waals surface area (Å²) in [5.41, 5.74) is 7.37. The monoisotopic (exact) mass is 348 g/mol. The molecule has 1 amide bonds. The number of oxazole rings is 1. The first-order chi connectivity index (χ1) is 12.0. The molecule has 0 atom stereocenters. The molecular formula is C18H28N4O3. The largest absolute Gasteiger partial charge is 0.419 e. The van der Waals surface area contributed by atoms with Crippen LogP contribution in [-0.2, 0) is 11.3 Å². The molecule has 0 aliphatic rings. The number of rotatable bonds is 10. The van der Waals surface area contributed by atoms with Gasteiger partial charge in [-0.1, -0.05) is 12.8 Å². The lowest BCUT2D eigenvalue weighted by molar-refractivity contribution is -0.116. The summed E-state index contributed by atoms with van der Waals surface area (Å²) in [6, 6.07) is 5.27. The molecule has 1 aromatic carbocycles. The van der Waals surface area contributed by atoms with Gasteiger partial charge in [0.15, 0.2) is 5.58 Å². The van der Waals surface area contributed by atoms with E-state index in [4.69, 9.17) is 10.2 Å². The Kier molecular flexibility index (Phi) is 7.21. The van der Waals surface area contributed by atoms with Crippen molar-refractivity contribution >= 4 is 22.7 Å². The van der Waals surface area contributed by atoms with Crippen LogP contribution in [0.3, 0.4) is 0 Å². The summed E-state index contributed by atoms with van der Waals surface area (Å²) >= 11 is 0. The zero-order chi connectivity index (χ0) is 18.2. The molecule has 0 aliphatic carbocycles. The van der Waals surface area contributed by atoms with Gasteiger partial charge in [0.2, 0.25) is 5.91 Å². The van der Waals surface area contributed by atoms with Gasteiger partial charge in [-0.3, -0.25) is 9.36 Å². The Balaban J connectivity index is 2.00. The SMILES string of the molecule is CN(C)CCn1c(=O)oc2ccc(NC(=O)CCCCCCN)cc21. The standard InChI is InChI=1S/C18H28N4O3/c1-21(2)11-12-22-15-13-14(8-9-16(15)25-18(22)24)20-17(23)7-5-3-4-6-10-19/h8-9,13H,3-7,10-12,19H2,1-2H3,(H,20,23). The molecule has 0 spiro atoms. The van der Waals surface area contributed by atoms with E-state index in [0.717, 1.165) is 32.2 Å². The number of nitrogens with zero attached hydrogens (tertiary/aromatic N) is 2. The highest BCUT2D eigenvalue weighted by molar-refractivity contribution is 5.92. The Morgan fingerprint density at radius 1 is 1.24 bits per heavy atom. The highest BCUT2D eigenvalue weighted by Crippen LogP contribution is 2.19. The van der Waals surface area contributed by atoms with Gasteiger partial charge < -0.3 is 20.4 Å². The third kappa shape index (κ3) is 5.72. The lowest BCUT2D eigenvalue weighted by Crippen LogP contribution is -2.23. The molecule has 7 nitrogen and oxygen atoms in total. The molecule has 2 rings (SSSR count). The Labute approximate surface area is 147 Å². The van der Waals surface area contributed by atoms with Crippen molar-refractivity contribution < 1.29 is 9.21 Å². The van der Waals surface area contributed by atoms with E-state index in [9.17, 15) is 9.59 Å². The second kappa shape index (κ2) is 9.39. The van der Waals surface area contributed by atoms with Crippen molar-refractivity contribution in [1.82, 2.24) is 9.47 Å². The number of nitrogens with one attached hydrogen (secondary N) is 1. The molecule has 2 aromatic rings. The van der Waals surface area contributed by atoms with E-state index in [1.165, 1.54) is 0 Å². The van der Waals surface area contributed by atoms with Gasteiger partial charge in [0.1, 0.15) is 0 Å². The average Bonchev–Trinajstić information content (AvgIpc) is 2.87. The molecule has 138 valence electrons. The molecule has 1 heterocycles. The van der Waals surface area contributed by atoms with Gasteiger partial charge in [0.25, 0.3) is 0 Å². The zero-order valence-electron chi connectivity index (χ0n) is 15.1. The molecular weight excluding hydrogens is 320 g/mol. The molecule has 0 bridgehead atoms. The molecule has 3 N–H and O–H groups in total. The molecule has 0 radical (unpaired) electrons. The van der Waals surface area contributed by atoms with Crippen molar-refractivity contribution in [3.63, 3.8) is 0 Å². The number of amides is 1. The number of benzene rings is 1. The van der Waals surface area contributed by atoms with Crippen LogP contribution in [0.1, 0.15) is 32.1 Å². The maximum absolute atomic E-state index is 12.1. The predicted octanol–water partition coefficient (Wildman–Crippen LogP) is 2.00. The summed E-state index contributed by atoms with van der Waals surface area (Å²) in [6.45, 7) is 1.97. The minimum absolute atomic E-state index is 0.0159. The third-order valence-corrected chi connectivity index (χ3v) is 4.08. The minimum atomic E-state index is -0.375. The quantitative estimate of drug-likeness (QED) is 0.641. The van der Waals surface area contributed by atoms with Gasteiger partial charge in [-0.25, -0.2) is 4.79 Å². The summed E-state index contributed by atoms with van der Waals surface area (Å²) in [6.07, 6.45) is 4.41. The fraction of sp³-hybridized carbons (Fsp3) is 0.556. The number of anilines is 1. The predicted molar refractivity (Wildman–Crippen MR) is 99.8 cm³/mol. The van der Waals surface area contributed by atoms with Crippen LogP contribution in [0.15, 0.2) is 27.4 Å². The lowest BCUT2D eigenvalue weighted by atomic mass is 10.1. The van der Waals surface area contributed by atoms with Crippen molar-refractivity contribution in [2.45, 2.75) is 38.6 Å². The number of aromatic nitrogens is 1. The fourth-order valence-corrected chi connectivity index (χ4v) is 2.66.